The molecule has 0 atom stereocenters. The summed E-state index contributed by atoms with van der Waals surface area (Å²) in [5, 5.41) is 2.47. The summed E-state index contributed by atoms with van der Waals surface area (Å²) in [5.74, 6) is 5.27. The minimum absolute atomic E-state index is 0.700. The number of hydrogen-bond acceptors (Lipinski definition) is 2. The van der Waals surface area contributed by atoms with E-state index in [1.165, 1.54) is 16.3 Å². The molecule has 0 spiro atoms. The van der Waals surface area contributed by atoms with E-state index in [-0.39, 0.29) is 0 Å². The van der Waals surface area contributed by atoms with Gasteiger partial charge in [0.2, 0.25) is 0 Å². The maximum Gasteiger partial charge on any atom is 0.0348 e. The van der Waals surface area contributed by atoms with Crippen molar-refractivity contribution in [2.24, 2.45) is 5.84 Å². The lowest BCUT2D eigenvalue weighted by Gasteiger charge is -2.03. The van der Waals surface area contributed by atoms with Crippen LogP contribution in [0.15, 0.2) is 40.9 Å². The van der Waals surface area contributed by atoms with Crippen LogP contribution in [0.4, 0.5) is 0 Å². The summed E-state index contributed by atoms with van der Waals surface area (Å²) in [6.07, 6.45) is 0. The minimum Gasteiger partial charge on any atom is -0.271 e. The van der Waals surface area contributed by atoms with Crippen molar-refractivity contribution in [1.29, 1.82) is 0 Å². The first kappa shape index (κ1) is 9.65. The van der Waals surface area contributed by atoms with E-state index in [0.717, 1.165) is 4.47 Å². The molecule has 0 aliphatic rings. The van der Waals surface area contributed by atoms with E-state index >= 15 is 0 Å². The Kier molecular flexibility index (Phi) is 2.82. The van der Waals surface area contributed by atoms with Crippen molar-refractivity contribution in [3.8, 4) is 0 Å². The van der Waals surface area contributed by atoms with Gasteiger partial charge in [-0.15, -0.1) is 0 Å². The molecule has 0 radical (unpaired) electrons. The minimum atomic E-state index is 0.700. The Balaban J connectivity index is 2.50. The van der Waals surface area contributed by atoms with E-state index < -0.39 is 0 Å². The lowest BCUT2D eigenvalue weighted by molar-refractivity contribution is 0.742. The standard InChI is InChI=1S/C11H11BrN2/c12-11-4-3-9-5-8(7-14-13)1-2-10(9)6-11/h1-6,14H,7,13H2. The first-order valence-corrected chi connectivity index (χ1v) is 5.20. The molecular formula is C11H11BrN2. The smallest absolute Gasteiger partial charge is 0.0348 e. The summed E-state index contributed by atoms with van der Waals surface area (Å²) in [7, 11) is 0. The van der Waals surface area contributed by atoms with Gasteiger partial charge < -0.3 is 0 Å². The highest BCUT2D eigenvalue weighted by Gasteiger charge is 1.96. The number of nitrogens with one attached hydrogen (secondary N) is 1. The van der Waals surface area contributed by atoms with Crippen LogP contribution in [0.1, 0.15) is 5.56 Å². The quantitative estimate of drug-likeness (QED) is 0.635. The normalized spacial score (nSPS) is 10.7. The zero-order valence-electron chi connectivity index (χ0n) is 7.63. The summed E-state index contributed by atoms with van der Waals surface area (Å²) in [6, 6.07) is 12.6. The Hall–Kier alpha value is -0.900. The molecule has 0 saturated heterocycles. The number of halogens is 1. The van der Waals surface area contributed by atoms with Crippen LogP contribution in [0.2, 0.25) is 0 Å². The number of fused-ring (bicyclic) bond motifs is 1. The lowest BCUT2D eigenvalue weighted by Crippen LogP contribution is -2.20. The van der Waals surface area contributed by atoms with Gasteiger partial charge in [-0.25, -0.2) is 0 Å². The molecule has 0 fully saturated rings. The van der Waals surface area contributed by atoms with E-state index in [1.54, 1.807) is 0 Å². The fourth-order valence-electron chi connectivity index (χ4n) is 1.49. The van der Waals surface area contributed by atoms with Crippen LogP contribution >= 0.6 is 15.9 Å². The average Bonchev–Trinajstić information content (AvgIpc) is 2.19. The Morgan fingerprint density at radius 2 is 1.79 bits per heavy atom. The number of hydrogen-bond donors (Lipinski definition) is 2. The van der Waals surface area contributed by atoms with Gasteiger partial charge in [-0.2, -0.15) is 0 Å². The van der Waals surface area contributed by atoms with Crippen LogP contribution in [0.25, 0.3) is 10.8 Å². The largest absolute Gasteiger partial charge is 0.271 e. The molecule has 72 valence electrons. The highest BCUT2D eigenvalue weighted by Crippen LogP contribution is 2.20. The molecule has 0 bridgehead atoms. The number of benzene rings is 2. The van der Waals surface area contributed by atoms with Gasteiger partial charge in [-0.05, 0) is 34.5 Å². The molecule has 0 aromatic heterocycles. The van der Waals surface area contributed by atoms with E-state index in [2.05, 4.69) is 51.7 Å². The zero-order chi connectivity index (χ0) is 9.97. The lowest BCUT2D eigenvalue weighted by atomic mass is 10.1. The van der Waals surface area contributed by atoms with Gasteiger partial charge in [0.15, 0.2) is 0 Å². The Morgan fingerprint density at radius 3 is 2.57 bits per heavy atom. The van der Waals surface area contributed by atoms with Crippen molar-refractivity contribution >= 4 is 26.7 Å². The van der Waals surface area contributed by atoms with Gasteiger partial charge in [0, 0.05) is 11.0 Å². The van der Waals surface area contributed by atoms with Gasteiger partial charge >= 0.3 is 0 Å². The second-order valence-corrected chi connectivity index (χ2v) is 4.12. The van der Waals surface area contributed by atoms with E-state index in [1.807, 2.05) is 6.07 Å². The van der Waals surface area contributed by atoms with Crippen molar-refractivity contribution in [2.45, 2.75) is 6.54 Å². The third kappa shape index (κ3) is 1.95. The topological polar surface area (TPSA) is 38.0 Å². The summed E-state index contributed by atoms with van der Waals surface area (Å²) in [4.78, 5) is 0. The zero-order valence-corrected chi connectivity index (χ0v) is 9.21. The molecule has 0 amide bonds. The van der Waals surface area contributed by atoms with Gasteiger partial charge in [-0.3, -0.25) is 11.3 Å². The van der Waals surface area contributed by atoms with Crippen LogP contribution in [0, 0.1) is 0 Å². The Labute approximate surface area is 91.2 Å². The van der Waals surface area contributed by atoms with Crippen molar-refractivity contribution in [2.75, 3.05) is 0 Å². The summed E-state index contributed by atoms with van der Waals surface area (Å²) >= 11 is 3.45. The molecule has 3 N–H and O–H groups in total. The van der Waals surface area contributed by atoms with Gasteiger partial charge in [-0.1, -0.05) is 34.1 Å². The molecule has 0 saturated carbocycles. The summed E-state index contributed by atoms with van der Waals surface area (Å²) < 4.78 is 1.11. The monoisotopic (exact) mass is 250 g/mol. The molecule has 14 heavy (non-hydrogen) atoms. The van der Waals surface area contributed by atoms with Crippen molar-refractivity contribution < 1.29 is 0 Å². The van der Waals surface area contributed by atoms with E-state index in [4.69, 9.17) is 5.84 Å². The third-order valence-corrected chi connectivity index (χ3v) is 2.67. The van der Waals surface area contributed by atoms with Gasteiger partial charge in [0.05, 0.1) is 0 Å². The molecule has 2 aromatic carbocycles. The highest BCUT2D eigenvalue weighted by molar-refractivity contribution is 9.10. The average molecular weight is 251 g/mol. The number of hydrazine groups is 1. The van der Waals surface area contributed by atoms with Crippen LogP contribution in [0.5, 0.6) is 0 Å². The molecule has 3 heteroatoms. The summed E-state index contributed by atoms with van der Waals surface area (Å²) in [5.41, 5.74) is 3.85. The molecule has 2 aromatic rings. The van der Waals surface area contributed by atoms with Crippen LogP contribution in [-0.4, -0.2) is 0 Å². The summed E-state index contributed by atoms with van der Waals surface area (Å²) in [6.45, 7) is 0.700. The SMILES string of the molecule is NNCc1ccc2cc(Br)ccc2c1. The highest BCUT2D eigenvalue weighted by atomic mass is 79.9. The molecule has 0 aliphatic heterocycles. The predicted molar refractivity (Wildman–Crippen MR) is 62.7 cm³/mol. The Morgan fingerprint density at radius 1 is 1.07 bits per heavy atom. The van der Waals surface area contributed by atoms with Crippen molar-refractivity contribution in [3.63, 3.8) is 0 Å². The van der Waals surface area contributed by atoms with Crippen molar-refractivity contribution in [1.82, 2.24) is 5.43 Å². The molecular weight excluding hydrogens is 240 g/mol. The van der Waals surface area contributed by atoms with Crippen LogP contribution in [0.3, 0.4) is 0 Å². The first-order valence-electron chi connectivity index (χ1n) is 4.41. The van der Waals surface area contributed by atoms with Crippen molar-refractivity contribution in [3.05, 3.63) is 46.4 Å². The van der Waals surface area contributed by atoms with E-state index in [9.17, 15) is 0 Å². The van der Waals surface area contributed by atoms with Crippen LogP contribution < -0.4 is 11.3 Å². The maximum atomic E-state index is 5.27. The molecule has 0 aliphatic carbocycles. The van der Waals surface area contributed by atoms with Crippen LogP contribution in [-0.2, 0) is 6.54 Å². The maximum absolute atomic E-state index is 5.27. The fraction of sp³-hybridized carbons (Fsp3) is 0.0909. The fourth-order valence-corrected chi connectivity index (χ4v) is 1.87. The second-order valence-electron chi connectivity index (χ2n) is 3.21. The number of rotatable bonds is 2. The van der Waals surface area contributed by atoms with Gasteiger partial charge in [0.25, 0.3) is 0 Å². The third-order valence-electron chi connectivity index (χ3n) is 2.17. The number of nitrogens with two attached hydrogens (primary N) is 1. The first-order chi connectivity index (χ1) is 6.79. The predicted octanol–water partition coefficient (Wildman–Crippen LogP) is 2.57. The molecule has 0 heterocycles. The van der Waals surface area contributed by atoms with E-state index in [0.29, 0.717) is 6.54 Å². The molecule has 2 rings (SSSR count). The second kappa shape index (κ2) is 4.09. The van der Waals surface area contributed by atoms with Gasteiger partial charge in [0.1, 0.15) is 0 Å². The molecule has 0 unspecified atom stereocenters. The Bertz CT molecular complexity index is 454. The molecule has 2 nitrogen and oxygen atoms in total.